The first-order valence-electron chi connectivity index (χ1n) is 6.82. The second kappa shape index (κ2) is 7.81. The average molecular weight is 305 g/mol. The van der Waals surface area contributed by atoms with Crippen LogP contribution in [0.5, 0.6) is 0 Å². The molecule has 0 aliphatic carbocycles. The minimum Gasteiger partial charge on any atom is -0.465 e. The Labute approximate surface area is 128 Å². The summed E-state index contributed by atoms with van der Waals surface area (Å²) in [6.45, 7) is 1.65. The molecule has 0 bridgehead atoms. The summed E-state index contributed by atoms with van der Waals surface area (Å²) in [5.74, 6) is -0.298. The van der Waals surface area contributed by atoms with E-state index in [4.69, 9.17) is 9.84 Å². The first-order valence-corrected chi connectivity index (χ1v) is 7.64. The van der Waals surface area contributed by atoms with E-state index < -0.39 is 0 Å². The normalized spacial score (nSPS) is 10.4. The zero-order valence-electron chi connectivity index (χ0n) is 12.0. The number of carbonyl (C=O) groups is 1. The van der Waals surface area contributed by atoms with Crippen molar-refractivity contribution in [1.29, 1.82) is 0 Å². The van der Waals surface area contributed by atoms with Crippen LogP contribution in [0, 0.1) is 0 Å². The number of para-hydroxylation sites is 1. The third-order valence-electron chi connectivity index (χ3n) is 3.10. The Morgan fingerprint density at radius 1 is 1.24 bits per heavy atom. The molecule has 2 aromatic rings. The van der Waals surface area contributed by atoms with E-state index in [1.165, 1.54) is 18.4 Å². The molecule has 4 nitrogen and oxygen atoms in total. The number of thiophene rings is 1. The van der Waals surface area contributed by atoms with Gasteiger partial charge in [0.15, 0.2) is 0 Å². The van der Waals surface area contributed by atoms with Crippen LogP contribution in [0.3, 0.4) is 0 Å². The number of aliphatic hydroxyl groups excluding tert-OH is 1. The van der Waals surface area contributed by atoms with E-state index in [1.54, 1.807) is 6.07 Å². The lowest BCUT2D eigenvalue weighted by Crippen LogP contribution is -2.24. The van der Waals surface area contributed by atoms with Gasteiger partial charge in [-0.3, -0.25) is 0 Å². The molecule has 0 saturated heterocycles. The molecule has 5 heteroatoms. The molecule has 0 spiro atoms. The number of rotatable bonds is 7. The number of hydrogen-bond acceptors (Lipinski definition) is 5. The van der Waals surface area contributed by atoms with Crippen LogP contribution in [-0.2, 0) is 11.3 Å². The predicted molar refractivity (Wildman–Crippen MR) is 84.9 cm³/mol. The lowest BCUT2D eigenvalue weighted by molar-refractivity contribution is 0.0606. The van der Waals surface area contributed by atoms with Gasteiger partial charge in [0.1, 0.15) is 4.88 Å². The molecular weight excluding hydrogens is 286 g/mol. The highest BCUT2D eigenvalue weighted by atomic mass is 32.1. The maximum atomic E-state index is 11.5. The van der Waals surface area contributed by atoms with Gasteiger partial charge >= 0.3 is 5.97 Å². The van der Waals surface area contributed by atoms with Crippen molar-refractivity contribution in [2.75, 3.05) is 25.2 Å². The molecule has 21 heavy (non-hydrogen) atoms. The van der Waals surface area contributed by atoms with Gasteiger partial charge in [-0.25, -0.2) is 4.79 Å². The van der Waals surface area contributed by atoms with E-state index in [-0.39, 0.29) is 12.6 Å². The van der Waals surface area contributed by atoms with Gasteiger partial charge in [-0.15, -0.1) is 11.3 Å². The zero-order valence-corrected chi connectivity index (χ0v) is 12.8. The van der Waals surface area contributed by atoms with Gasteiger partial charge in [0.05, 0.1) is 13.7 Å². The molecule has 112 valence electrons. The van der Waals surface area contributed by atoms with Gasteiger partial charge < -0.3 is 14.7 Å². The van der Waals surface area contributed by atoms with Crippen molar-refractivity contribution in [2.45, 2.75) is 13.0 Å². The number of hydrogen-bond donors (Lipinski definition) is 1. The summed E-state index contributed by atoms with van der Waals surface area (Å²) in [6.07, 6.45) is 0.712. The van der Waals surface area contributed by atoms with Gasteiger partial charge in [-0.2, -0.15) is 0 Å². The number of ether oxygens (including phenoxy) is 1. The van der Waals surface area contributed by atoms with Gasteiger partial charge in [0, 0.05) is 23.7 Å². The van der Waals surface area contributed by atoms with Crippen molar-refractivity contribution >= 4 is 23.0 Å². The summed E-state index contributed by atoms with van der Waals surface area (Å²) in [4.78, 5) is 15.4. The van der Waals surface area contributed by atoms with Crippen LogP contribution in [0.15, 0.2) is 42.5 Å². The molecule has 0 aliphatic heterocycles. The Balaban J connectivity index is 2.11. The molecular formula is C16H19NO3S. The minimum absolute atomic E-state index is 0.168. The van der Waals surface area contributed by atoms with Gasteiger partial charge in [0.2, 0.25) is 0 Å². The molecule has 0 fully saturated rings. The first kappa shape index (κ1) is 15.5. The summed E-state index contributed by atoms with van der Waals surface area (Å²) >= 11 is 1.44. The van der Waals surface area contributed by atoms with Gasteiger partial charge in [-0.05, 0) is 30.7 Å². The number of carbonyl (C=O) groups excluding carboxylic acids is 1. The molecule has 1 N–H and O–H groups in total. The van der Waals surface area contributed by atoms with Crippen LogP contribution in [0.25, 0.3) is 0 Å². The molecule has 0 radical (unpaired) electrons. The van der Waals surface area contributed by atoms with Crippen LogP contribution >= 0.6 is 11.3 Å². The van der Waals surface area contributed by atoms with Crippen LogP contribution in [0.1, 0.15) is 21.0 Å². The summed E-state index contributed by atoms with van der Waals surface area (Å²) in [6, 6.07) is 13.8. The molecule has 1 aromatic carbocycles. The molecule has 0 amide bonds. The highest BCUT2D eigenvalue weighted by molar-refractivity contribution is 7.13. The summed E-state index contributed by atoms with van der Waals surface area (Å²) in [5, 5.41) is 9.05. The largest absolute Gasteiger partial charge is 0.465 e. The minimum atomic E-state index is -0.298. The van der Waals surface area contributed by atoms with Gasteiger partial charge in [0.25, 0.3) is 0 Å². The Bertz CT molecular complexity index is 568. The standard InChI is InChI=1S/C16H19NO3S/c1-20-16(19)15-9-8-14(21-15)12-17(10-5-11-18)13-6-3-2-4-7-13/h2-4,6-9,18H,5,10-12H2,1H3. The van der Waals surface area contributed by atoms with Crippen LogP contribution in [-0.4, -0.2) is 31.3 Å². The Morgan fingerprint density at radius 2 is 2.00 bits per heavy atom. The van der Waals surface area contributed by atoms with Crippen LogP contribution in [0.4, 0.5) is 5.69 Å². The lowest BCUT2D eigenvalue weighted by atomic mass is 10.2. The van der Waals surface area contributed by atoms with Crippen molar-refractivity contribution < 1.29 is 14.6 Å². The fourth-order valence-corrected chi connectivity index (χ4v) is 3.00. The third kappa shape index (κ3) is 4.31. The predicted octanol–water partition coefficient (Wildman–Crippen LogP) is 2.92. The topological polar surface area (TPSA) is 49.8 Å². The molecule has 0 aliphatic rings. The molecule has 0 atom stereocenters. The number of esters is 1. The number of aliphatic hydroxyl groups is 1. The number of nitrogens with zero attached hydrogens (tertiary/aromatic N) is 1. The van der Waals surface area contributed by atoms with Gasteiger partial charge in [-0.1, -0.05) is 18.2 Å². The number of methoxy groups -OCH3 is 1. The van der Waals surface area contributed by atoms with E-state index >= 15 is 0 Å². The molecule has 0 saturated carbocycles. The van der Waals surface area contributed by atoms with E-state index in [0.29, 0.717) is 17.8 Å². The van der Waals surface area contributed by atoms with Crippen LogP contribution in [0.2, 0.25) is 0 Å². The third-order valence-corrected chi connectivity index (χ3v) is 4.15. The Morgan fingerprint density at radius 3 is 2.67 bits per heavy atom. The smallest absolute Gasteiger partial charge is 0.348 e. The molecule has 0 unspecified atom stereocenters. The second-order valence-corrected chi connectivity index (χ2v) is 5.76. The quantitative estimate of drug-likeness (QED) is 0.799. The highest BCUT2D eigenvalue weighted by Gasteiger charge is 2.12. The Kier molecular flexibility index (Phi) is 5.78. The van der Waals surface area contributed by atoms with Crippen LogP contribution < -0.4 is 4.90 Å². The lowest BCUT2D eigenvalue weighted by Gasteiger charge is -2.24. The van der Waals surface area contributed by atoms with E-state index in [1.807, 2.05) is 36.4 Å². The fraction of sp³-hybridized carbons (Fsp3) is 0.312. The van der Waals surface area contributed by atoms with Crippen molar-refractivity contribution in [3.8, 4) is 0 Å². The summed E-state index contributed by atoms with van der Waals surface area (Å²) < 4.78 is 4.73. The van der Waals surface area contributed by atoms with E-state index in [2.05, 4.69) is 4.90 Å². The first-order chi connectivity index (χ1) is 10.2. The average Bonchev–Trinajstić information content (AvgIpc) is 3.00. The van der Waals surface area contributed by atoms with E-state index in [0.717, 1.165) is 17.1 Å². The maximum absolute atomic E-state index is 11.5. The molecule has 1 heterocycles. The Hall–Kier alpha value is -1.85. The SMILES string of the molecule is COC(=O)c1ccc(CN(CCCO)c2ccccc2)s1. The highest BCUT2D eigenvalue weighted by Crippen LogP contribution is 2.22. The van der Waals surface area contributed by atoms with E-state index in [9.17, 15) is 4.79 Å². The number of anilines is 1. The number of benzene rings is 1. The van der Waals surface area contributed by atoms with Crippen molar-refractivity contribution in [2.24, 2.45) is 0 Å². The summed E-state index contributed by atoms with van der Waals surface area (Å²) in [7, 11) is 1.39. The fourth-order valence-electron chi connectivity index (χ4n) is 2.06. The van der Waals surface area contributed by atoms with Crippen molar-refractivity contribution in [1.82, 2.24) is 0 Å². The van der Waals surface area contributed by atoms with Crippen molar-refractivity contribution in [3.63, 3.8) is 0 Å². The zero-order chi connectivity index (χ0) is 15.1. The monoisotopic (exact) mass is 305 g/mol. The maximum Gasteiger partial charge on any atom is 0.348 e. The summed E-state index contributed by atoms with van der Waals surface area (Å²) in [5.41, 5.74) is 1.11. The molecule has 1 aromatic heterocycles. The second-order valence-electron chi connectivity index (χ2n) is 4.59. The molecule has 2 rings (SSSR count). The van der Waals surface area contributed by atoms with Crippen molar-refractivity contribution in [3.05, 3.63) is 52.2 Å².